The van der Waals surface area contributed by atoms with Gasteiger partial charge in [0.05, 0.1) is 12.1 Å². The van der Waals surface area contributed by atoms with E-state index in [2.05, 4.69) is 20.6 Å². The maximum atomic E-state index is 12.3. The van der Waals surface area contributed by atoms with Crippen LogP contribution in [0.3, 0.4) is 0 Å². The maximum Gasteiger partial charge on any atom is 0.335 e. The number of nitrogens with one attached hydrogen (secondary N) is 3. The van der Waals surface area contributed by atoms with Crippen LogP contribution in [0, 0.1) is 0 Å². The van der Waals surface area contributed by atoms with Gasteiger partial charge in [0.1, 0.15) is 4.90 Å². The number of ether oxygens (including phenoxy) is 1. The van der Waals surface area contributed by atoms with Crippen LogP contribution in [0.1, 0.15) is 0 Å². The number of hydrogen-bond donors (Lipinski definition) is 3. The molecule has 0 aliphatic heterocycles. The summed E-state index contributed by atoms with van der Waals surface area (Å²) in [6.07, 6.45) is 1.70. The van der Waals surface area contributed by atoms with Gasteiger partial charge >= 0.3 is 6.03 Å². The van der Waals surface area contributed by atoms with Crippen molar-refractivity contribution in [1.29, 1.82) is 0 Å². The van der Waals surface area contributed by atoms with Crippen molar-refractivity contribution in [3.8, 4) is 5.88 Å². The third-order valence-corrected chi connectivity index (χ3v) is 4.55. The van der Waals surface area contributed by atoms with Gasteiger partial charge in [-0.15, -0.1) is 0 Å². The molecule has 0 radical (unpaired) electrons. The van der Waals surface area contributed by atoms with Gasteiger partial charge in [-0.05, 0) is 18.2 Å². The van der Waals surface area contributed by atoms with E-state index < -0.39 is 16.1 Å². The van der Waals surface area contributed by atoms with Gasteiger partial charge in [-0.3, -0.25) is 10.1 Å². The molecule has 0 atom stereocenters. The number of hydrogen-bond acceptors (Lipinski definition) is 7. The first kappa shape index (κ1) is 18.4. The molecule has 0 saturated carbocycles. The van der Waals surface area contributed by atoms with Gasteiger partial charge < -0.3 is 10.1 Å². The lowest BCUT2D eigenvalue weighted by Crippen LogP contribution is -2.35. The van der Waals surface area contributed by atoms with Crippen molar-refractivity contribution < 1.29 is 22.7 Å². The Balaban J connectivity index is 2.18. The van der Waals surface area contributed by atoms with E-state index in [1.54, 1.807) is 4.72 Å². The Bertz CT molecular complexity index is 905. The maximum absolute atomic E-state index is 12.3. The zero-order valence-corrected chi connectivity index (χ0v) is 14.3. The van der Waals surface area contributed by atoms with Crippen LogP contribution in [0.4, 0.5) is 16.4 Å². The van der Waals surface area contributed by atoms with E-state index in [0.717, 1.165) is 6.07 Å². The number of sulfonamides is 1. The minimum Gasteiger partial charge on any atom is -0.481 e. The number of amides is 3. The van der Waals surface area contributed by atoms with E-state index in [-0.39, 0.29) is 27.4 Å². The fraction of sp³-hybridized carbons (Fsp3) is 0.0769. The summed E-state index contributed by atoms with van der Waals surface area (Å²) in [5, 5.41) is 4.31. The normalized spacial score (nSPS) is 10.6. The van der Waals surface area contributed by atoms with Gasteiger partial charge in [0.15, 0.2) is 0 Å². The van der Waals surface area contributed by atoms with Crippen LogP contribution in [0.2, 0.25) is 5.02 Å². The number of nitrogens with zero attached hydrogens (tertiary/aromatic N) is 2. The molecule has 0 saturated heterocycles. The molecule has 0 unspecified atom stereocenters. The van der Waals surface area contributed by atoms with Crippen molar-refractivity contribution in [3.05, 3.63) is 35.5 Å². The van der Waals surface area contributed by atoms with E-state index in [9.17, 15) is 18.0 Å². The van der Waals surface area contributed by atoms with Crippen LogP contribution in [0.15, 0.2) is 35.4 Å². The Morgan fingerprint density at radius 3 is 2.76 bits per heavy atom. The molecule has 3 amide bonds. The molecule has 132 valence electrons. The lowest BCUT2D eigenvalue weighted by Gasteiger charge is -2.10. The summed E-state index contributed by atoms with van der Waals surface area (Å²) in [6.45, 7) is 0. The summed E-state index contributed by atoms with van der Waals surface area (Å²) in [5.74, 6) is 0.0263. The monoisotopic (exact) mass is 385 g/mol. The first-order chi connectivity index (χ1) is 11.9. The molecule has 0 fully saturated rings. The summed E-state index contributed by atoms with van der Waals surface area (Å²) >= 11 is 5.86. The fourth-order valence-electron chi connectivity index (χ4n) is 1.69. The average Bonchev–Trinajstić information content (AvgIpc) is 2.56. The van der Waals surface area contributed by atoms with Crippen LogP contribution in [-0.4, -0.2) is 37.9 Å². The molecule has 25 heavy (non-hydrogen) atoms. The highest BCUT2D eigenvalue weighted by atomic mass is 35.5. The van der Waals surface area contributed by atoms with Gasteiger partial charge in [-0.1, -0.05) is 11.6 Å². The van der Waals surface area contributed by atoms with E-state index in [1.807, 2.05) is 0 Å². The third kappa shape index (κ3) is 4.78. The first-order valence-electron chi connectivity index (χ1n) is 6.56. The van der Waals surface area contributed by atoms with E-state index in [4.69, 9.17) is 16.3 Å². The molecule has 0 bridgehead atoms. The standard InChI is InChI=1S/C13H12ClN5O5S/c1-24-11-4-5-15-12(17-11)18-13(21)19-25(22,23)10-6-8(16-7-20)2-3-9(10)14/h2-7H,1H3,(H,16,20)(H2,15,17,18,19,21). The molecule has 10 nitrogen and oxygen atoms in total. The Morgan fingerprint density at radius 1 is 1.32 bits per heavy atom. The summed E-state index contributed by atoms with van der Waals surface area (Å²) in [6, 6.07) is 4.13. The first-order valence-corrected chi connectivity index (χ1v) is 8.42. The summed E-state index contributed by atoms with van der Waals surface area (Å²) < 4.78 is 31.2. The van der Waals surface area contributed by atoms with E-state index >= 15 is 0 Å². The smallest absolute Gasteiger partial charge is 0.335 e. The summed E-state index contributed by atoms with van der Waals surface area (Å²) in [7, 11) is -2.93. The van der Waals surface area contributed by atoms with Crippen molar-refractivity contribution in [3.63, 3.8) is 0 Å². The van der Waals surface area contributed by atoms with Crippen molar-refractivity contribution in [2.24, 2.45) is 0 Å². The molecule has 0 aliphatic rings. The molecule has 0 spiro atoms. The van der Waals surface area contributed by atoms with Crippen LogP contribution >= 0.6 is 11.6 Å². The topological polar surface area (TPSA) is 139 Å². The number of carbonyl (C=O) groups excluding carboxylic acids is 2. The van der Waals surface area contributed by atoms with E-state index in [1.165, 1.54) is 31.5 Å². The predicted octanol–water partition coefficient (Wildman–Crippen LogP) is 1.22. The number of anilines is 2. The predicted molar refractivity (Wildman–Crippen MR) is 89.1 cm³/mol. The van der Waals surface area contributed by atoms with Crippen molar-refractivity contribution in [2.45, 2.75) is 4.90 Å². The van der Waals surface area contributed by atoms with Gasteiger partial charge in [-0.2, -0.15) is 4.98 Å². The Morgan fingerprint density at radius 2 is 2.08 bits per heavy atom. The quantitative estimate of drug-likeness (QED) is 0.635. The lowest BCUT2D eigenvalue weighted by atomic mass is 10.3. The number of methoxy groups -OCH3 is 1. The zero-order chi connectivity index (χ0) is 18.4. The summed E-state index contributed by atoms with van der Waals surface area (Å²) in [4.78, 5) is 29.5. The van der Waals surface area contributed by atoms with Crippen molar-refractivity contribution in [2.75, 3.05) is 17.7 Å². The minimum absolute atomic E-state index is 0.130. The molecule has 1 heterocycles. The second-order valence-electron chi connectivity index (χ2n) is 4.39. The second kappa shape index (κ2) is 7.77. The van der Waals surface area contributed by atoms with Crippen LogP contribution < -0.4 is 20.1 Å². The molecular formula is C13H12ClN5O5S. The average molecular weight is 386 g/mol. The molecule has 1 aromatic carbocycles. The molecule has 1 aromatic heterocycles. The molecule has 2 aromatic rings. The SMILES string of the molecule is COc1ccnc(NC(=O)NS(=O)(=O)c2cc(NC=O)ccc2Cl)n1. The van der Waals surface area contributed by atoms with Crippen molar-refractivity contribution >= 4 is 45.7 Å². The summed E-state index contributed by atoms with van der Waals surface area (Å²) in [5.41, 5.74) is 0.191. The highest BCUT2D eigenvalue weighted by molar-refractivity contribution is 7.90. The molecule has 3 N–H and O–H groups in total. The van der Waals surface area contributed by atoms with Gasteiger partial charge in [-0.25, -0.2) is 22.9 Å². The van der Waals surface area contributed by atoms with Crippen molar-refractivity contribution in [1.82, 2.24) is 14.7 Å². The second-order valence-corrected chi connectivity index (χ2v) is 6.45. The van der Waals surface area contributed by atoms with E-state index in [0.29, 0.717) is 6.41 Å². The van der Waals surface area contributed by atoms with Gasteiger partial charge in [0, 0.05) is 18.0 Å². The van der Waals surface area contributed by atoms with Crippen LogP contribution in [-0.2, 0) is 14.8 Å². The molecule has 0 aliphatic carbocycles. The van der Waals surface area contributed by atoms with Gasteiger partial charge in [0.25, 0.3) is 10.0 Å². The number of rotatable bonds is 6. The highest BCUT2D eigenvalue weighted by Crippen LogP contribution is 2.24. The molecular weight excluding hydrogens is 374 g/mol. The Labute approximate surface area is 147 Å². The Kier molecular flexibility index (Phi) is 5.72. The molecule has 2 rings (SSSR count). The number of urea groups is 1. The number of halogens is 1. The lowest BCUT2D eigenvalue weighted by molar-refractivity contribution is -0.105. The fourth-order valence-corrected chi connectivity index (χ4v) is 3.12. The minimum atomic E-state index is -4.30. The third-order valence-electron chi connectivity index (χ3n) is 2.74. The number of aromatic nitrogens is 2. The van der Waals surface area contributed by atoms with Gasteiger partial charge in [0.2, 0.25) is 18.2 Å². The van der Waals surface area contributed by atoms with Crippen LogP contribution in [0.25, 0.3) is 0 Å². The molecule has 12 heteroatoms. The zero-order valence-electron chi connectivity index (χ0n) is 12.7. The number of carbonyl (C=O) groups is 2. The highest BCUT2D eigenvalue weighted by Gasteiger charge is 2.22. The number of benzene rings is 1. The van der Waals surface area contributed by atoms with Crippen LogP contribution in [0.5, 0.6) is 5.88 Å². The largest absolute Gasteiger partial charge is 0.481 e. The Hall–Kier alpha value is -2.92.